The van der Waals surface area contributed by atoms with Gasteiger partial charge in [0.05, 0.1) is 12.6 Å². The molecule has 0 fully saturated rings. The molecule has 0 radical (unpaired) electrons. The molecule has 2 atom stereocenters. The predicted octanol–water partition coefficient (Wildman–Crippen LogP) is 5.36. The second kappa shape index (κ2) is 9.84. The highest BCUT2D eigenvalue weighted by Gasteiger charge is 2.38. The fraction of sp³-hybridized carbons (Fsp3) is 0.222. The Kier molecular flexibility index (Phi) is 6.46. The molecule has 0 spiro atoms. The van der Waals surface area contributed by atoms with E-state index in [2.05, 4.69) is 20.9 Å². The van der Waals surface area contributed by atoms with Crippen LogP contribution in [0, 0.1) is 13.8 Å². The largest absolute Gasteiger partial charge is 0.494 e. The van der Waals surface area contributed by atoms with Crippen LogP contribution < -0.4 is 15.5 Å². The van der Waals surface area contributed by atoms with Crippen LogP contribution in [0.2, 0.25) is 0 Å². The van der Waals surface area contributed by atoms with Crippen LogP contribution in [-0.4, -0.2) is 32.6 Å². The van der Waals surface area contributed by atoms with Crippen molar-refractivity contribution in [3.63, 3.8) is 0 Å². The van der Waals surface area contributed by atoms with Gasteiger partial charge in [0.15, 0.2) is 5.82 Å². The second-order valence-electron chi connectivity index (χ2n) is 8.39. The topological polar surface area (TPSA) is 81.1 Å². The molecule has 0 saturated carbocycles. The van der Waals surface area contributed by atoms with Crippen molar-refractivity contribution >= 4 is 23.4 Å². The second-order valence-corrected chi connectivity index (χ2v) is 9.50. The highest BCUT2D eigenvalue weighted by molar-refractivity contribution is 8.00. The van der Waals surface area contributed by atoms with Gasteiger partial charge >= 0.3 is 0 Å². The molecule has 0 saturated heterocycles. The maximum atomic E-state index is 13.6. The zero-order chi connectivity index (χ0) is 24.4. The highest BCUT2D eigenvalue weighted by Crippen LogP contribution is 2.39. The van der Waals surface area contributed by atoms with Gasteiger partial charge < -0.3 is 15.5 Å². The van der Waals surface area contributed by atoms with E-state index in [1.165, 1.54) is 11.8 Å². The van der Waals surface area contributed by atoms with Crippen LogP contribution in [0.4, 0.5) is 5.69 Å². The zero-order valence-corrected chi connectivity index (χ0v) is 20.7. The fourth-order valence-corrected chi connectivity index (χ4v) is 5.19. The molecule has 0 bridgehead atoms. The molecule has 1 amide bonds. The first-order valence-corrected chi connectivity index (χ1v) is 12.5. The number of nitrogens with zero attached hydrogens (tertiary/aromatic N) is 3. The summed E-state index contributed by atoms with van der Waals surface area (Å²) in [4.78, 5) is 13.6. The molecular formula is C27H27N5O2S. The number of rotatable bonds is 6. The molecule has 7 nitrogen and oxygen atoms in total. The summed E-state index contributed by atoms with van der Waals surface area (Å²) >= 11 is 1.41. The average molecular weight is 486 g/mol. The van der Waals surface area contributed by atoms with Crippen molar-refractivity contribution in [3.05, 3.63) is 89.5 Å². The summed E-state index contributed by atoms with van der Waals surface area (Å²) in [6, 6.07) is 23.4. The van der Waals surface area contributed by atoms with Crippen LogP contribution in [0.25, 0.3) is 11.4 Å². The van der Waals surface area contributed by atoms with Crippen molar-refractivity contribution in [1.29, 1.82) is 0 Å². The van der Waals surface area contributed by atoms with Gasteiger partial charge in [-0.25, -0.2) is 4.68 Å². The molecule has 1 aliphatic rings. The quantitative estimate of drug-likeness (QED) is 0.383. The van der Waals surface area contributed by atoms with E-state index in [0.717, 1.165) is 33.7 Å². The molecule has 0 aliphatic carbocycles. The SMILES string of the molecule is CCOc1ccc([C@@H]2Nn3c(nnc3-c3ccccc3)S[C@@H]2C(=O)Nc2cccc(C)c2C)cc1. The molecule has 3 aromatic carbocycles. The molecule has 178 valence electrons. The Labute approximate surface area is 208 Å². The monoisotopic (exact) mass is 485 g/mol. The maximum Gasteiger partial charge on any atom is 0.240 e. The van der Waals surface area contributed by atoms with E-state index in [4.69, 9.17) is 4.74 Å². The van der Waals surface area contributed by atoms with Gasteiger partial charge in [0.1, 0.15) is 11.0 Å². The number of ether oxygens (including phenoxy) is 1. The third-order valence-corrected chi connectivity index (χ3v) is 7.36. The van der Waals surface area contributed by atoms with E-state index in [-0.39, 0.29) is 11.9 Å². The number of aryl methyl sites for hydroxylation is 1. The Hall–Kier alpha value is -3.78. The highest BCUT2D eigenvalue weighted by atomic mass is 32.2. The zero-order valence-electron chi connectivity index (χ0n) is 19.9. The smallest absolute Gasteiger partial charge is 0.240 e. The fourth-order valence-electron chi connectivity index (χ4n) is 4.11. The molecule has 35 heavy (non-hydrogen) atoms. The average Bonchev–Trinajstić information content (AvgIpc) is 3.30. The van der Waals surface area contributed by atoms with Crippen LogP contribution in [0.15, 0.2) is 78.0 Å². The van der Waals surface area contributed by atoms with E-state index >= 15 is 0 Å². The van der Waals surface area contributed by atoms with Crippen molar-refractivity contribution in [2.24, 2.45) is 0 Å². The number of aromatic nitrogens is 3. The van der Waals surface area contributed by atoms with Gasteiger partial charge in [0.25, 0.3) is 0 Å². The summed E-state index contributed by atoms with van der Waals surface area (Å²) < 4.78 is 7.49. The number of carbonyl (C=O) groups is 1. The van der Waals surface area contributed by atoms with E-state index in [0.29, 0.717) is 17.6 Å². The lowest BCUT2D eigenvalue weighted by Gasteiger charge is -2.33. The maximum absolute atomic E-state index is 13.6. The number of fused-ring (bicyclic) bond motifs is 1. The van der Waals surface area contributed by atoms with Crippen molar-refractivity contribution in [3.8, 4) is 17.1 Å². The minimum absolute atomic E-state index is 0.0920. The standard InChI is InChI=1S/C27H27N5O2S/c1-4-34-21-15-13-19(14-16-21)23-24(26(33)28-22-12-8-9-17(2)18(22)3)35-27-30-29-25(32(27)31-23)20-10-6-5-7-11-20/h5-16,23-24,31H,4H2,1-3H3,(H,28,33)/t23-,24-/m0/s1. The molecule has 1 aliphatic heterocycles. The molecule has 0 unspecified atom stereocenters. The lowest BCUT2D eigenvalue weighted by molar-refractivity contribution is -0.116. The Bertz CT molecular complexity index is 1340. The summed E-state index contributed by atoms with van der Waals surface area (Å²) in [5.41, 5.74) is 8.45. The first kappa shape index (κ1) is 23.0. The number of benzene rings is 3. The van der Waals surface area contributed by atoms with Crippen LogP contribution >= 0.6 is 11.8 Å². The molecule has 4 aromatic rings. The summed E-state index contributed by atoms with van der Waals surface area (Å²) in [6.07, 6.45) is 0. The van der Waals surface area contributed by atoms with Crippen LogP contribution in [0.5, 0.6) is 5.75 Å². The van der Waals surface area contributed by atoms with Crippen molar-refractivity contribution in [2.75, 3.05) is 17.3 Å². The Morgan fingerprint density at radius 2 is 1.80 bits per heavy atom. The number of carbonyl (C=O) groups excluding carboxylic acids is 1. The number of amides is 1. The first-order valence-electron chi connectivity index (χ1n) is 11.6. The number of thioether (sulfide) groups is 1. The normalized spacial score (nSPS) is 16.8. The van der Waals surface area contributed by atoms with Crippen molar-refractivity contribution in [1.82, 2.24) is 14.9 Å². The van der Waals surface area contributed by atoms with Crippen molar-refractivity contribution in [2.45, 2.75) is 37.2 Å². The van der Waals surface area contributed by atoms with Crippen LogP contribution in [-0.2, 0) is 4.79 Å². The number of anilines is 1. The summed E-state index contributed by atoms with van der Waals surface area (Å²) in [7, 11) is 0. The molecule has 1 aromatic heterocycles. The van der Waals surface area contributed by atoms with Crippen LogP contribution in [0.1, 0.15) is 29.7 Å². The lowest BCUT2D eigenvalue weighted by atomic mass is 10.0. The number of hydrogen-bond donors (Lipinski definition) is 2. The van der Waals surface area contributed by atoms with Gasteiger partial charge in [-0.2, -0.15) is 0 Å². The third-order valence-electron chi connectivity index (χ3n) is 6.14. The van der Waals surface area contributed by atoms with Crippen LogP contribution in [0.3, 0.4) is 0 Å². The van der Waals surface area contributed by atoms with E-state index in [1.54, 1.807) is 0 Å². The minimum atomic E-state index is -0.465. The minimum Gasteiger partial charge on any atom is -0.494 e. The molecule has 2 N–H and O–H groups in total. The number of nitrogens with one attached hydrogen (secondary N) is 2. The molecular weight excluding hydrogens is 458 g/mol. The van der Waals surface area contributed by atoms with Gasteiger partial charge in [-0.3, -0.25) is 4.79 Å². The summed E-state index contributed by atoms with van der Waals surface area (Å²) in [6.45, 7) is 6.62. The Morgan fingerprint density at radius 1 is 1.03 bits per heavy atom. The number of hydrogen-bond acceptors (Lipinski definition) is 6. The lowest BCUT2D eigenvalue weighted by Crippen LogP contribution is -2.41. The van der Waals surface area contributed by atoms with Gasteiger partial charge in [0.2, 0.25) is 11.1 Å². The van der Waals surface area contributed by atoms with Gasteiger partial charge in [-0.15, -0.1) is 10.2 Å². The summed E-state index contributed by atoms with van der Waals surface area (Å²) in [5, 5.41) is 12.1. The van der Waals surface area contributed by atoms with E-state index in [9.17, 15) is 4.79 Å². The molecule has 5 rings (SSSR count). The van der Waals surface area contributed by atoms with Gasteiger partial charge in [-0.05, 0) is 55.7 Å². The molecule has 8 heteroatoms. The first-order chi connectivity index (χ1) is 17.0. The summed E-state index contributed by atoms with van der Waals surface area (Å²) in [5.74, 6) is 1.41. The Morgan fingerprint density at radius 3 is 2.54 bits per heavy atom. The third kappa shape index (κ3) is 4.61. The van der Waals surface area contributed by atoms with E-state index < -0.39 is 5.25 Å². The Balaban J connectivity index is 1.51. The van der Waals surface area contributed by atoms with E-state index in [1.807, 2.05) is 98.2 Å². The van der Waals surface area contributed by atoms with Crippen molar-refractivity contribution < 1.29 is 9.53 Å². The van der Waals surface area contributed by atoms with Gasteiger partial charge in [0, 0.05) is 11.3 Å². The predicted molar refractivity (Wildman–Crippen MR) is 139 cm³/mol. The molecule has 2 heterocycles. The van der Waals surface area contributed by atoms with Gasteiger partial charge in [-0.1, -0.05) is 66.4 Å².